The van der Waals surface area contributed by atoms with Crippen molar-refractivity contribution in [1.82, 2.24) is 19.4 Å². The first-order valence-electron chi connectivity index (χ1n) is 10.8. The summed E-state index contributed by atoms with van der Waals surface area (Å²) in [5, 5.41) is 0. The summed E-state index contributed by atoms with van der Waals surface area (Å²) in [6.07, 6.45) is 13.1. The molecule has 0 spiro atoms. The number of likely N-dealkylation sites (tertiary alicyclic amines) is 1. The van der Waals surface area contributed by atoms with Gasteiger partial charge >= 0.3 is 0 Å². The van der Waals surface area contributed by atoms with Crippen LogP contribution in [0.2, 0.25) is 0 Å². The van der Waals surface area contributed by atoms with Gasteiger partial charge in [-0.1, -0.05) is 0 Å². The molecule has 1 saturated carbocycles. The summed E-state index contributed by atoms with van der Waals surface area (Å²) >= 11 is 0. The third-order valence-electron chi connectivity index (χ3n) is 6.40. The fourth-order valence-electron chi connectivity index (χ4n) is 4.61. The standard InChI is InChI=1S/C22H29N5O/c28-22(25-10-1-2-11-25)18-7-8-20(24-14-18)26-12-3-4-19(16-26)21-23-9-13-27(21)15-17-5-6-17/h7-9,13-14,17,19H,1-6,10-12,15-16H2/t19-/m0/s1. The Labute approximate surface area is 166 Å². The number of imidazole rings is 1. The summed E-state index contributed by atoms with van der Waals surface area (Å²) in [5.74, 6) is 3.64. The Morgan fingerprint density at radius 2 is 1.89 bits per heavy atom. The van der Waals surface area contributed by atoms with E-state index in [0.29, 0.717) is 11.5 Å². The van der Waals surface area contributed by atoms with E-state index < -0.39 is 0 Å². The number of aromatic nitrogens is 3. The maximum Gasteiger partial charge on any atom is 0.255 e. The van der Waals surface area contributed by atoms with Crippen molar-refractivity contribution in [2.24, 2.45) is 5.92 Å². The minimum atomic E-state index is 0.121. The normalized spacial score (nSPS) is 22.6. The summed E-state index contributed by atoms with van der Waals surface area (Å²) in [4.78, 5) is 26.2. The van der Waals surface area contributed by atoms with Gasteiger partial charge in [-0.3, -0.25) is 4.79 Å². The number of piperidine rings is 1. The monoisotopic (exact) mass is 379 g/mol. The van der Waals surface area contributed by atoms with E-state index in [2.05, 4.69) is 20.6 Å². The number of rotatable bonds is 5. The van der Waals surface area contributed by atoms with Crippen molar-refractivity contribution in [2.75, 3.05) is 31.1 Å². The number of pyridine rings is 1. The second-order valence-electron chi connectivity index (χ2n) is 8.57. The van der Waals surface area contributed by atoms with Crippen LogP contribution in [0.5, 0.6) is 0 Å². The van der Waals surface area contributed by atoms with Gasteiger partial charge in [-0.05, 0) is 56.6 Å². The highest BCUT2D eigenvalue weighted by Gasteiger charge is 2.28. The molecule has 3 aliphatic rings. The molecule has 4 heterocycles. The molecule has 0 bridgehead atoms. The molecule has 148 valence electrons. The van der Waals surface area contributed by atoms with E-state index in [-0.39, 0.29) is 5.91 Å². The SMILES string of the molecule is O=C(c1ccc(N2CCC[C@H](c3nccn3CC3CC3)C2)nc1)N1CCCC1. The number of hydrogen-bond donors (Lipinski definition) is 0. The first kappa shape index (κ1) is 17.7. The Morgan fingerprint density at radius 3 is 2.64 bits per heavy atom. The highest BCUT2D eigenvalue weighted by Crippen LogP contribution is 2.33. The molecule has 6 heteroatoms. The van der Waals surface area contributed by atoms with Crippen molar-refractivity contribution in [2.45, 2.75) is 51.0 Å². The van der Waals surface area contributed by atoms with Crippen LogP contribution < -0.4 is 4.90 Å². The molecule has 5 rings (SSSR count). The van der Waals surface area contributed by atoms with Crippen molar-refractivity contribution in [1.29, 1.82) is 0 Å². The average Bonchev–Trinajstić information content (AvgIpc) is 3.20. The Hall–Kier alpha value is -2.37. The zero-order chi connectivity index (χ0) is 18.9. The van der Waals surface area contributed by atoms with E-state index in [4.69, 9.17) is 4.98 Å². The van der Waals surface area contributed by atoms with Gasteiger partial charge in [0, 0.05) is 57.2 Å². The molecule has 0 N–H and O–H groups in total. The third-order valence-corrected chi connectivity index (χ3v) is 6.40. The van der Waals surface area contributed by atoms with E-state index in [0.717, 1.165) is 63.7 Å². The molecule has 1 amide bonds. The molecular formula is C22H29N5O. The largest absolute Gasteiger partial charge is 0.356 e. The van der Waals surface area contributed by atoms with E-state index >= 15 is 0 Å². The van der Waals surface area contributed by atoms with Gasteiger partial charge in [0.15, 0.2) is 0 Å². The van der Waals surface area contributed by atoms with Gasteiger partial charge in [0.1, 0.15) is 11.6 Å². The van der Waals surface area contributed by atoms with Crippen LogP contribution in [0.25, 0.3) is 0 Å². The lowest BCUT2D eigenvalue weighted by atomic mass is 9.97. The molecule has 6 nitrogen and oxygen atoms in total. The summed E-state index contributed by atoms with van der Waals surface area (Å²) < 4.78 is 2.37. The van der Waals surface area contributed by atoms with E-state index in [1.54, 1.807) is 6.20 Å². The van der Waals surface area contributed by atoms with Crippen molar-refractivity contribution < 1.29 is 4.79 Å². The van der Waals surface area contributed by atoms with Crippen molar-refractivity contribution >= 4 is 11.7 Å². The predicted molar refractivity (Wildman–Crippen MR) is 109 cm³/mol. The highest BCUT2D eigenvalue weighted by atomic mass is 16.2. The zero-order valence-electron chi connectivity index (χ0n) is 16.5. The Balaban J connectivity index is 1.27. The highest BCUT2D eigenvalue weighted by molar-refractivity contribution is 5.94. The van der Waals surface area contributed by atoms with Gasteiger partial charge in [0.2, 0.25) is 0 Å². The Morgan fingerprint density at radius 1 is 1.04 bits per heavy atom. The number of carbonyl (C=O) groups is 1. The second-order valence-corrected chi connectivity index (χ2v) is 8.57. The summed E-state index contributed by atoms with van der Waals surface area (Å²) in [6.45, 7) is 4.85. The van der Waals surface area contributed by atoms with Gasteiger partial charge in [0.25, 0.3) is 5.91 Å². The van der Waals surface area contributed by atoms with Crippen LogP contribution in [0.15, 0.2) is 30.7 Å². The van der Waals surface area contributed by atoms with Gasteiger partial charge in [-0.2, -0.15) is 0 Å². The number of hydrogen-bond acceptors (Lipinski definition) is 4. The van der Waals surface area contributed by atoms with Crippen molar-refractivity contribution in [3.05, 3.63) is 42.1 Å². The van der Waals surface area contributed by atoms with Gasteiger partial charge < -0.3 is 14.4 Å². The van der Waals surface area contributed by atoms with Gasteiger partial charge in [-0.25, -0.2) is 9.97 Å². The molecule has 2 aliphatic heterocycles. The summed E-state index contributed by atoms with van der Waals surface area (Å²) in [6, 6.07) is 3.96. The quantitative estimate of drug-likeness (QED) is 0.800. The number of anilines is 1. The summed E-state index contributed by atoms with van der Waals surface area (Å²) in [7, 11) is 0. The van der Waals surface area contributed by atoms with E-state index in [1.807, 2.05) is 23.2 Å². The molecule has 2 aromatic rings. The molecule has 0 unspecified atom stereocenters. The molecule has 28 heavy (non-hydrogen) atoms. The molecule has 0 radical (unpaired) electrons. The van der Waals surface area contributed by atoms with Crippen LogP contribution >= 0.6 is 0 Å². The van der Waals surface area contributed by atoms with Gasteiger partial charge in [-0.15, -0.1) is 0 Å². The van der Waals surface area contributed by atoms with Crippen LogP contribution in [0, 0.1) is 5.92 Å². The lowest BCUT2D eigenvalue weighted by Gasteiger charge is -2.33. The van der Waals surface area contributed by atoms with E-state index in [9.17, 15) is 4.79 Å². The zero-order valence-corrected chi connectivity index (χ0v) is 16.5. The maximum atomic E-state index is 12.5. The topological polar surface area (TPSA) is 54.3 Å². The molecular weight excluding hydrogens is 350 g/mol. The van der Waals surface area contributed by atoms with Crippen LogP contribution in [-0.2, 0) is 6.54 Å². The molecule has 2 aromatic heterocycles. The first-order chi connectivity index (χ1) is 13.8. The third kappa shape index (κ3) is 3.64. The lowest BCUT2D eigenvalue weighted by Crippen LogP contribution is -2.36. The fraction of sp³-hybridized carbons (Fsp3) is 0.591. The minimum absolute atomic E-state index is 0.121. The molecule has 1 aliphatic carbocycles. The first-order valence-corrected chi connectivity index (χ1v) is 10.8. The lowest BCUT2D eigenvalue weighted by molar-refractivity contribution is 0.0792. The van der Waals surface area contributed by atoms with Crippen molar-refractivity contribution in [3.8, 4) is 0 Å². The maximum absolute atomic E-state index is 12.5. The predicted octanol–water partition coefficient (Wildman–Crippen LogP) is 3.31. The number of carbonyl (C=O) groups excluding carboxylic acids is 1. The van der Waals surface area contributed by atoms with Crippen LogP contribution in [0.3, 0.4) is 0 Å². The Bertz CT molecular complexity index is 820. The fourth-order valence-corrected chi connectivity index (χ4v) is 4.61. The van der Waals surface area contributed by atoms with Crippen LogP contribution in [0.1, 0.15) is 60.6 Å². The molecule has 0 aromatic carbocycles. The minimum Gasteiger partial charge on any atom is -0.356 e. The van der Waals surface area contributed by atoms with Gasteiger partial charge in [0.05, 0.1) is 5.56 Å². The summed E-state index contributed by atoms with van der Waals surface area (Å²) in [5.41, 5.74) is 0.708. The second kappa shape index (κ2) is 7.57. The average molecular weight is 380 g/mol. The Kier molecular flexibility index (Phi) is 4.79. The van der Waals surface area contributed by atoms with E-state index in [1.165, 1.54) is 25.1 Å². The molecule has 3 fully saturated rings. The number of amides is 1. The van der Waals surface area contributed by atoms with Crippen LogP contribution in [-0.4, -0.2) is 51.5 Å². The van der Waals surface area contributed by atoms with Crippen LogP contribution in [0.4, 0.5) is 5.82 Å². The smallest absolute Gasteiger partial charge is 0.255 e. The number of nitrogens with zero attached hydrogens (tertiary/aromatic N) is 5. The molecule has 2 saturated heterocycles. The van der Waals surface area contributed by atoms with Crippen molar-refractivity contribution in [3.63, 3.8) is 0 Å². The molecule has 1 atom stereocenters.